The predicted octanol–water partition coefficient (Wildman–Crippen LogP) is 2.65. The van der Waals surface area contributed by atoms with Crippen molar-refractivity contribution in [1.29, 1.82) is 0 Å². The lowest BCUT2D eigenvalue weighted by atomic mass is 10.2. The SMILES string of the molecule is CC(CNc1ccc(C(=O)O)o1)c1nccs1. The van der Waals surface area contributed by atoms with Crippen LogP contribution in [0.5, 0.6) is 0 Å². The molecule has 0 aromatic carbocycles. The predicted molar refractivity (Wildman–Crippen MR) is 64.7 cm³/mol. The molecule has 2 heterocycles. The van der Waals surface area contributed by atoms with Crippen LogP contribution in [0.2, 0.25) is 0 Å². The smallest absolute Gasteiger partial charge is 0.371 e. The Labute approximate surface area is 102 Å². The molecule has 1 atom stereocenters. The van der Waals surface area contributed by atoms with Gasteiger partial charge in [0.25, 0.3) is 0 Å². The van der Waals surface area contributed by atoms with Gasteiger partial charge in [-0.25, -0.2) is 9.78 Å². The molecule has 2 aromatic rings. The summed E-state index contributed by atoms with van der Waals surface area (Å²) in [7, 11) is 0. The van der Waals surface area contributed by atoms with Gasteiger partial charge in [-0.15, -0.1) is 11.3 Å². The maximum atomic E-state index is 10.6. The number of carboxylic acids is 1. The average molecular weight is 252 g/mol. The van der Waals surface area contributed by atoms with E-state index in [9.17, 15) is 4.79 Å². The van der Waals surface area contributed by atoms with Crippen LogP contribution in [0.25, 0.3) is 0 Å². The number of hydrogen-bond donors (Lipinski definition) is 2. The standard InChI is InChI=1S/C11H12N2O3S/c1-7(10-12-4-5-17-10)6-13-9-3-2-8(16-9)11(14)15/h2-5,7,13H,6H2,1H3,(H,14,15). The van der Waals surface area contributed by atoms with Crippen molar-refractivity contribution in [3.8, 4) is 0 Å². The molecule has 2 N–H and O–H groups in total. The molecule has 0 fully saturated rings. The number of furan rings is 1. The molecule has 1 unspecified atom stereocenters. The molecule has 0 radical (unpaired) electrons. The number of carbonyl (C=O) groups is 1. The number of anilines is 1. The van der Waals surface area contributed by atoms with E-state index in [0.717, 1.165) is 5.01 Å². The minimum absolute atomic E-state index is 0.0607. The van der Waals surface area contributed by atoms with Crippen LogP contribution < -0.4 is 5.32 Å². The number of rotatable bonds is 5. The first-order chi connectivity index (χ1) is 8.16. The van der Waals surface area contributed by atoms with Crippen LogP contribution in [0.15, 0.2) is 28.1 Å². The van der Waals surface area contributed by atoms with E-state index in [-0.39, 0.29) is 11.7 Å². The quantitative estimate of drug-likeness (QED) is 0.855. The summed E-state index contributed by atoms with van der Waals surface area (Å²) in [5, 5.41) is 14.7. The molecule has 0 aliphatic heterocycles. The van der Waals surface area contributed by atoms with Gasteiger partial charge in [-0.3, -0.25) is 0 Å². The van der Waals surface area contributed by atoms with Gasteiger partial charge in [0.1, 0.15) is 0 Å². The monoisotopic (exact) mass is 252 g/mol. The van der Waals surface area contributed by atoms with Crippen molar-refractivity contribution in [3.63, 3.8) is 0 Å². The Morgan fingerprint density at radius 3 is 3.06 bits per heavy atom. The van der Waals surface area contributed by atoms with Crippen LogP contribution in [-0.4, -0.2) is 22.6 Å². The summed E-state index contributed by atoms with van der Waals surface area (Å²) >= 11 is 1.60. The number of aromatic carboxylic acids is 1. The molecule has 0 aliphatic carbocycles. The lowest BCUT2D eigenvalue weighted by molar-refractivity contribution is 0.0663. The van der Waals surface area contributed by atoms with E-state index in [1.165, 1.54) is 6.07 Å². The summed E-state index contributed by atoms with van der Waals surface area (Å²) < 4.78 is 5.09. The Morgan fingerprint density at radius 1 is 1.65 bits per heavy atom. The van der Waals surface area contributed by atoms with Gasteiger partial charge in [0, 0.05) is 30.1 Å². The van der Waals surface area contributed by atoms with Crippen molar-refractivity contribution in [2.75, 3.05) is 11.9 Å². The molecule has 0 aliphatic rings. The van der Waals surface area contributed by atoms with Gasteiger partial charge in [-0.2, -0.15) is 0 Å². The van der Waals surface area contributed by atoms with Gasteiger partial charge >= 0.3 is 5.97 Å². The fourth-order valence-electron chi connectivity index (χ4n) is 1.37. The molecular weight excluding hydrogens is 240 g/mol. The first-order valence-corrected chi connectivity index (χ1v) is 6.01. The summed E-state index contributed by atoms with van der Waals surface area (Å²) in [4.78, 5) is 14.8. The number of hydrogen-bond acceptors (Lipinski definition) is 5. The Morgan fingerprint density at radius 2 is 2.47 bits per heavy atom. The largest absolute Gasteiger partial charge is 0.475 e. The van der Waals surface area contributed by atoms with Gasteiger partial charge in [0.2, 0.25) is 5.76 Å². The number of nitrogens with one attached hydrogen (secondary N) is 1. The third-order valence-corrected chi connectivity index (χ3v) is 3.28. The van der Waals surface area contributed by atoms with E-state index in [1.807, 2.05) is 12.3 Å². The minimum Gasteiger partial charge on any atom is -0.475 e. The number of aromatic nitrogens is 1. The third kappa shape index (κ3) is 2.85. The first kappa shape index (κ1) is 11.7. The van der Waals surface area contributed by atoms with E-state index in [1.54, 1.807) is 23.6 Å². The van der Waals surface area contributed by atoms with Crippen LogP contribution in [0.3, 0.4) is 0 Å². The zero-order valence-corrected chi connectivity index (χ0v) is 10.0. The maximum Gasteiger partial charge on any atom is 0.371 e. The molecule has 17 heavy (non-hydrogen) atoms. The normalized spacial score (nSPS) is 12.3. The summed E-state index contributed by atoms with van der Waals surface area (Å²) in [6.45, 7) is 2.70. The molecule has 2 rings (SSSR count). The van der Waals surface area contributed by atoms with E-state index >= 15 is 0 Å². The zero-order valence-electron chi connectivity index (χ0n) is 9.21. The second-order valence-electron chi connectivity index (χ2n) is 3.62. The minimum atomic E-state index is -1.06. The van der Waals surface area contributed by atoms with Gasteiger partial charge < -0.3 is 14.8 Å². The Hall–Kier alpha value is -1.82. The third-order valence-electron chi connectivity index (χ3n) is 2.27. The molecule has 2 aromatic heterocycles. The molecule has 0 spiro atoms. The average Bonchev–Trinajstić information content (AvgIpc) is 2.97. The van der Waals surface area contributed by atoms with Crippen molar-refractivity contribution in [1.82, 2.24) is 4.98 Å². The van der Waals surface area contributed by atoms with Crippen LogP contribution in [-0.2, 0) is 0 Å². The van der Waals surface area contributed by atoms with Gasteiger partial charge in [0.15, 0.2) is 5.88 Å². The van der Waals surface area contributed by atoms with E-state index in [0.29, 0.717) is 12.4 Å². The molecule has 5 nitrogen and oxygen atoms in total. The maximum absolute atomic E-state index is 10.6. The summed E-state index contributed by atoms with van der Waals surface area (Å²) in [5.41, 5.74) is 0. The summed E-state index contributed by atoms with van der Waals surface area (Å²) in [5.74, 6) is -0.403. The van der Waals surface area contributed by atoms with Gasteiger partial charge in [-0.05, 0) is 6.07 Å². The van der Waals surface area contributed by atoms with E-state index < -0.39 is 5.97 Å². The second kappa shape index (κ2) is 5.01. The van der Waals surface area contributed by atoms with Crippen LogP contribution in [0.1, 0.15) is 28.4 Å². The van der Waals surface area contributed by atoms with Crippen molar-refractivity contribution in [2.45, 2.75) is 12.8 Å². The highest BCUT2D eigenvalue weighted by Crippen LogP contribution is 2.19. The van der Waals surface area contributed by atoms with Crippen LogP contribution in [0.4, 0.5) is 5.88 Å². The van der Waals surface area contributed by atoms with Crippen molar-refractivity contribution >= 4 is 23.2 Å². The number of nitrogens with zero attached hydrogens (tertiary/aromatic N) is 1. The molecular formula is C11H12N2O3S. The Bertz CT molecular complexity index is 493. The zero-order chi connectivity index (χ0) is 12.3. The van der Waals surface area contributed by atoms with Crippen LogP contribution in [0, 0.1) is 0 Å². The lowest BCUT2D eigenvalue weighted by Gasteiger charge is -2.08. The highest BCUT2D eigenvalue weighted by atomic mass is 32.1. The van der Waals surface area contributed by atoms with Gasteiger partial charge in [-0.1, -0.05) is 6.92 Å². The highest BCUT2D eigenvalue weighted by Gasteiger charge is 2.11. The molecule has 0 bridgehead atoms. The van der Waals surface area contributed by atoms with Crippen molar-refractivity contribution < 1.29 is 14.3 Å². The van der Waals surface area contributed by atoms with Crippen molar-refractivity contribution in [2.24, 2.45) is 0 Å². The lowest BCUT2D eigenvalue weighted by Crippen LogP contribution is -2.08. The number of thiazole rings is 1. The van der Waals surface area contributed by atoms with Gasteiger partial charge in [0.05, 0.1) is 5.01 Å². The Balaban J connectivity index is 1.91. The topological polar surface area (TPSA) is 75.4 Å². The fraction of sp³-hybridized carbons (Fsp3) is 0.273. The first-order valence-electron chi connectivity index (χ1n) is 5.13. The molecule has 6 heteroatoms. The molecule has 90 valence electrons. The van der Waals surface area contributed by atoms with Crippen LogP contribution >= 0.6 is 11.3 Å². The van der Waals surface area contributed by atoms with Crippen molar-refractivity contribution in [3.05, 3.63) is 34.5 Å². The molecule has 0 saturated carbocycles. The van der Waals surface area contributed by atoms with E-state index in [2.05, 4.69) is 10.3 Å². The Kier molecular flexibility index (Phi) is 3.43. The highest BCUT2D eigenvalue weighted by molar-refractivity contribution is 7.09. The fourth-order valence-corrected chi connectivity index (χ4v) is 2.07. The summed E-state index contributed by atoms with van der Waals surface area (Å²) in [6.07, 6.45) is 1.77. The number of carboxylic acid groups (broad SMARTS) is 1. The second-order valence-corrected chi connectivity index (χ2v) is 4.55. The summed E-state index contributed by atoms with van der Waals surface area (Å²) in [6, 6.07) is 3.04. The van der Waals surface area contributed by atoms with E-state index in [4.69, 9.17) is 9.52 Å². The molecule has 0 saturated heterocycles. The molecule has 0 amide bonds.